The van der Waals surface area contributed by atoms with E-state index in [-0.39, 0.29) is 16.8 Å². The second-order valence-electron chi connectivity index (χ2n) is 15.2. The lowest BCUT2D eigenvalue weighted by atomic mass is 9.95. The van der Waals surface area contributed by atoms with Crippen LogP contribution in [0.25, 0.3) is 93.2 Å². The average molecular weight is 783 g/mol. The minimum Gasteiger partial charge on any atom is -0.308 e. The van der Waals surface area contributed by atoms with Crippen molar-refractivity contribution in [2.24, 2.45) is 0 Å². The van der Waals surface area contributed by atoms with Crippen LogP contribution in [0.2, 0.25) is 0 Å². The maximum absolute atomic E-state index is 14.0. The lowest BCUT2D eigenvalue weighted by Gasteiger charge is -2.20. The molecule has 0 radical (unpaired) electrons. The first-order valence-corrected chi connectivity index (χ1v) is 19.5. The number of halogens is 3. The van der Waals surface area contributed by atoms with Gasteiger partial charge in [0, 0.05) is 21.5 Å². The number of aromatic nitrogens is 2. The second kappa shape index (κ2) is 13.9. The molecule has 0 fully saturated rings. The summed E-state index contributed by atoms with van der Waals surface area (Å²) in [7, 11) is 0. The van der Waals surface area contributed by atoms with Gasteiger partial charge in [-0.2, -0.15) is 18.4 Å². The van der Waals surface area contributed by atoms with Crippen molar-refractivity contribution < 1.29 is 13.2 Å². The molecule has 0 aliphatic carbocycles. The van der Waals surface area contributed by atoms with Gasteiger partial charge in [-0.25, -0.2) is 4.85 Å². The first kappa shape index (κ1) is 36.5. The van der Waals surface area contributed by atoms with Gasteiger partial charge < -0.3 is 9.13 Å². The van der Waals surface area contributed by atoms with Crippen molar-refractivity contribution in [3.05, 3.63) is 197 Å². The number of benzene rings is 8. The summed E-state index contributed by atoms with van der Waals surface area (Å²) in [4.78, 5) is 4.00. The molecule has 0 aliphatic heterocycles. The highest BCUT2D eigenvalue weighted by Gasteiger charge is 2.32. The zero-order chi connectivity index (χ0) is 41.3. The molecule has 10 rings (SSSR count). The molecule has 0 N–H and O–H groups in total. The van der Waals surface area contributed by atoms with Gasteiger partial charge >= 0.3 is 6.18 Å². The maximum atomic E-state index is 14.0. The first-order valence-electron chi connectivity index (χ1n) is 19.5. The van der Waals surface area contributed by atoms with Gasteiger partial charge in [0.15, 0.2) is 5.69 Å². The molecule has 0 saturated carbocycles. The SMILES string of the molecule is [C-]#[N+]c1cc(-n2c3ccccc3c3ccc(-c4ccc(C)cc4)cc32)c(-n2c3ccccc3c3ccc(-c4ccc(C)cc4)cc32)cc1-c1ccc(C(F)(F)F)cc1C#N. The fraction of sp³-hybridized carbons (Fsp3) is 0.0566. The summed E-state index contributed by atoms with van der Waals surface area (Å²) in [5.41, 5.74) is 11.2. The fourth-order valence-electron chi connectivity index (χ4n) is 8.59. The van der Waals surface area contributed by atoms with E-state index in [0.717, 1.165) is 89.1 Å². The van der Waals surface area contributed by atoms with E-state index in [2.05, 4.69) is 137 Å². The second-order valence-corrected chi connectivity index (χ2v) is 15.2. The van der Waals surface area contributed by atoms with Crippen molar-refractivity contribution in [1.82, 2.24) is 9.13 Å². The highest BCUT2D eigenvalue weighted by atomic mass is 19.4. The van der Waals surface area contributed by atoms with Crippen molar-refractivity contribution in [1.29, 1.82) is 5.26 Å². The predicted octanol–water partition coefficient (Wildman–Crippen LogP) is 14.9. The molecule has 2 aromatic heterocycles. The molecule has 0 spiro atoms. The normalized spacial score (nSPS) is 11.7. The van der Waals surface area contributed by atoms with Crippen LogP contribution in [0.3, 0.4) is 0 Å². The first-order chi connectivity index (χ1) is 29.1. The maximum Gasteiger partial charge on any atom is 0.416 e. The molecule has 2 heterocycles. The lowest BCUT2D eigenvalue weighted by molar-refractivity contribution is -0.137. The molecule has 7 heteroatoms. The van der Waals surface area contributed by atoms with Crippen molar-refractivity contribution in [3.8, 4) is 50.8 Å². The largest absolute Gasteiger partial charge is 0.416 e. The van der Waals surface area contributed by atoms with Gasteiger partial charge in [-0.05, 0) is 95.8 Å². The number of rotatable bonds is 5. The molecular formula is C53H33F3N4. The van der Waals surface area contributed by atoms with Crippen molar-refractivity contribution in [2.45, 2.75) is 20.0 Å². The molecule has 0 bridgehead atoms. The standard InChI is InChI=1S/C53H33F3N4/c1-32-12-16-34(17-13-32)36-20-23-43-41-8-4-6-10-47(41)59(49(43)27-36)51-29-45(40-25-22-39(53(54,55)56)26-38(40)31-57)46(58-3)30-52(51)60-48-11-7-5-9-42(48)44-24-21-37(28-50(44)60)35-18-14-33(2)15-19-35/h4-30H,1-2H3. The summed E-state index contributed by atoms with van der Waals surface area (Å²) in [6.45, 7) is 12.6. The summed E-state index contributed by atoms with van der Waals surface area (Å²) in [6, 6.07) is 54.9. The van der Waals surface area contributed by atoms with Gasteiger partial charge in [0.2, 0.25) is 0 Å². The molecular weight excluding hydrogens is 750 g/mol. The van der Waals surface area contributed by atoms with Gasteiger partial charge in [-0.15, -0.1) is 0 Å². The molecule has 0 unspecified atom stereocenters. The van der Waals surface area contributed by atoms with Gasteiger partial charge in [0.1, 0.15) is 0 Å². The van der Waals surface area contributed by atoms with Crippen LogP contribution >= 0.6 is 0 Å². The Kier molecular flexibility index (Phi) is 8.45. The average Bonchev–Trinajstić information content (AvgIpc) is 3.78. The van der Waals surface area contributed by atoms with Crippen LogP contribution in [0.5, 0.6) is 0 Å². The molecule has 10 aromatic rings. The van der Waals surface area contributed by atoms with E-state index in [0.29, 0.717) is 16.9 Å². The molecule has 0 atom stereocenters. The molecule has 4 nitrogen and oxygen atoms in total. The minimum atomic E-state index is -4.64. The molecule has 8 aromatic carbocycles. The molecule has 0 amide bonds. The Morgan fingerprint density at radius 3 is 1.45 bits per heavy atom. The van der Waals surface area contributed by atoms with Crippen LogP contribution in [0.1, 0.15) is 22.3 Å². The summed E-state index contributed by atoms with van der Waals surface area (Å²) in [5, 5.41) is 14.4. The van der Waals surface area contributed by atoms with Crippen LogP contribution in [0.15, 0.2) is 164 Å². The Hall–Kier alpha value is -7.87. The van der Waals surface area contributed by atoms with Crippen molar-refractivity contribution in [3.63, 3.8) is 0 Å². The van der Waals surface area contributed by atoms with Crippen LogP contribution in [0, 0.1) is 31.8 Å². The smallest absolute Gasteiger partial charge is 0.308 e. The third-order valence-corrected chi connectivity index (χ3v) is 11.6. The van der Waals surface area contributed by atoms with E-state index in [9.17, 15) is 18.4 Å². The predicted molar refractivity (Wildman–Crippen MR) is 237 cm³/mol. The van der Waals surface area contributed by atoms with E-state index in [4.69, 9.17) is 6.57 Å². The molecule has 0 aliphatic rings. The van der Waals surface area contributed by atoms with Crippen molar-refractivity contribution in [2.75, 3.05) is 0 Å². The quantitative estimate of drug-likeness (QED) is 0.160. The Morgan fingerprint density at radius 1 is 0.500 bits per heavy atom. The third-order valence-electron chi connectivity index (χ3n) is 11.6. The number of alkyl halides is 3. The summed E-state index contributed by atoms with van der Waals surface area (Å²) in [6.07, 6.45) is -4.64. The number of hydrogen-bond donors (Lipinski definition) is 0. The number of hydrogen-bond acceptors (Lipinski definition) is 1. The number of nitrogens with zero attached hydrogens (tertiary/aromatic N) is 4. The van der Waals surface area contributed by atoms with Crippen LogP contribution < -0.4 is 0 Å². The fourth-order valence-corrected chi connectivity index (χ4v) is 8.59. The van der Waals surface area contributed by atoms with Gasteiger partial charge in [0.25, 0.3) is 0 Å². The topological polar surface area (TPSA) is 38.0 Å². The van der Waals surface area contributed by atoms with Crippen LogP contribution in [-0.2, 0) is 6.18 Å². The van der Waals surface area contributed by atoms with Crippen molar-refractivity contribution >= 4 is 49.3 Å². The number of aryl methyl sites for hydroxylation is 2. The van der Waals surface area contributed by atoms with Gasteiger partial charge in [-0.3, -0.25) is 0 Å². The Labute approximate surface area is 344 Å². The minimum absolute atomic E-state index is 0.170. The Bertz CT molecular complexity index is 3450. The molecule has 60 heavy (non-hydrogen) atoms. The van der Waals surface area contributed by atoms with E-state index < -0.39 is 11.7 Å². The number of fused-ring (bicyclic) bond motifs is 6. The molecule has 0 saturated heterocycles. The van der Waals surface area contributed by atoms with E-state index in [1.807, 2.05) is 42.5 Å². The zero-order valence-corrected chi connectivity index (χ0v) is 32.5. The summed E-state index contributed by atoms with van der Waals surface area (Å²) >= 11 is 0. The Balaban J connectivity index is 1.35. The van der Waals surface area contributed by atoms with E-state index in [1.165, 1.54) is 6.07 Å². The summed E-state index contributed by atoms with van der Waals surface area (Å²) < 4.78 is 46.3. The number of para-hydroxylation sites is 2. The van der Waals surface area contributed by atoms with Gasteiger partial charge in [0.05, 0.1) is 57.2 Å². The van der Waals surface area contributed by atoms with Crippen LogP contribution in [-0.4, -0.2) is 9.13 Å². The van der Waals surface area contributed by atoms with E-state index in [1.54, 1.807) is 0 Å². The number of nitriles is 1. The monoisotopic (exact) mass is 782 g/mol. The Morgan fingerprint density at radius 2 is 0.967 bits per heavy atom. The third kappa shape index (κ3) is 5.91. The lowest BCUT2D eigenvalue weighted by Crippen LogP contribution is -2.06. The highest BCUT2D eigenvalue weighted by Crippen LogP contribution is 2.45. The van der Waals surface area contributed by atoms with E-state index >= 15 is 0 Å². The zero-order valence-electron chi connectivity index (χ0n) is 32.5. The van der Waals surface area contributed by atoms with Gasteiger partial charge in [-0.1, -0.05) is 126 Å². The molecule has 286 valence electrons. The highest BCUT2D eigenvalue weighted by molar-refractivity contribution is 6.13. The summed E-state index contributed by atoms with van der Waals surface area (Å²) in [5.74, 6) is 0. The van der Waals surface area contributed by atoms with Crippen LogP contribution in [0.4, 0.5) is 18.9 Å².